The Morgan fingerprint density at radius 3 is 2.81 bits per heavy atom. The molecule has 0 radical (unpaired) electrons. The minimum Gasteiger partial charge on any atom is -0.496 e. The number of aryl methyl sites for hydroxylation is 1. The molecule has 0 unspecified atom stereocenters. The highest BCUT2D eigenvalue weighted by Gasteiger charge is 2.07. The van der Waals surface area contributed by atoms with Crippen molar-refractivity contribution in [3.05, 3.63) is 23.8 Å². The highest BCUT2D eigenvalue weighted by Crippen LogP contribution is 2.22. The number of hydrogen-bond donors (Lipinski definition) is 1. The summed E-state index contributed by atoms with van der Waals surface area (Å²) >= 11 is 0. The molecule has 0 saturated carbocycles. The minimum absolute atomic E-state index is 0.193. The quantitative estimate of drug-likeness (QED) is 0.610. The average molecular weight is 223 g/mol. The van der Waals surface area contributed by atoms with Gasteiger partial charge in [-0.25, -0.2) is 0 Å². The van der Waals surface area contributed by atoms with Gasteiger partial charge in [-0.2, -0.15) is 0 Å². The Kier molecular flexibility index (Phi) is 4.64. The summed E-state index contributed by atoms with van der Waals surface area (Å²) in [6.45, 7) is 2.21. The minimum atomic E-state index is -0.193. The lowest BCUT2D eigenvalue weighted by molar-refractivity contribution is -0.143. The lowest BCUT2D eigenvalue weighted by atomic mass is 10.1. The van der Waals surface area contributed by atoms with Crippen LogP contribution in [0.1, 0.15) is 18.9 Å². The molecule has 0 heterocycles. The summed E-state index contributed by atoms with van der Waals surface area (Å²) in [6, 6.07) is 5.41. The number of carbonyl (C=O) groups is 1. The van der Waals surface area contributed by atoms with Crippen LogP contribution in [0.15, 0.2) is 18.2 Å². The summed E-state index contributed by atoms with van der Waals surface area (Å²) in [6.07, 6.45) is 0.955. The van der Waals surface area contributed by atoms with E-state index in [1.54, 1.807) is 26.2 Å². The second kappa shape index (κ2) is 6.00. The molecule has 4 nitrogen and oxygen atoms in total. The van der Waals surface area contributed by atoms with E-state index in [0.29, 0.717) is 30.9 Å². The first kappa shape index (κ1) is 12.4. The molecule has 2 N–H and O–H groups in total. The summed E-state index contributed by atoms with van der Waals surface area (Å²) in [5, 5.41) is 0. The molecule has 0 atom stereocenters. The van der Waals surface area contributed by atoms with Gasteiger partial charge in [0.05, 0.1) is 13.7 Å². The largest absolute Gasteiger partial charge is 0.496 e. The molecule has 0 aliphatic rings. The first-order valence-corrected chi connectivity index (χ1v) is 5.25. The molecule has 0 fully saturated rings. The monoisotopic (exact) mass is 223 g/mol. The van der Waals surface area contributed by atoms with Crippen molar-refractivity contribution < 1.29 is 14.3 Å². The maximum Gasteiger partial charge on any atom is 0.306 e. The topological polar surface area (TPSA) is 61.5 Å². The van der Waals surface area contributed by atoms with E-state index < -0.39 is 0 Å². The molecule has 1 aromatic carbocycles. The Hall–Kier alpha value is -1.71. The molecule has 0 aromatic heterocycles. The molecule has 0 spiro atoms. The van der Waals surface area contributed by atoms with E-state index in [-0.39, 0.29) is 5.97 Å². The lowest BCUT2D eigenvalue weighted by Gasteiger charge is -2.08. The first-order valence-electron chi connectivity index (χ1n) is 5.25. The normalized spacial score (nSPS) is 9.88. The zero-order chi connectivity index (χ0) is 12.0. The van der Waals surface area contributed by atoms with Gasteiger partial charge in [0.15, 0.2) is 0 Å². The number of esters is 1. The Balaban J connectivity index is 2.63. The van der Waals surface area contributed by atoms with E-state index in [4.69, 9.17) is 15.2 Å². The fraction of sp³-hybridized carbons (Fsp3) is 0.417. The number of rotatable bonds is 5. The van der Waals surface area contributed by atoms with Gasteiger partial charge in [-0.1, -0.05) is 6.07 Å². The lowest BCUT2D eigenvalue weighted by Crippen LogP contribution is -2.06. The van der Waals surface area contributed by atoms with Crippen molar-refractivity contribution in [1.29, 1.82) is 0 Å². The van der Waals surface area contributed by atoms with Gasteiger partial charge in [-0.15, -0.1) is 0 Å². The molecular formula is C12H17NO3. The van der Waals surface area contributed by atoms with Crippen LogP contribution in [0.5, 0.6) is 5.75 Å². The average Bonchev–Trinajstić information content (AvgIpc) is 2.27. The van der Waals surface area contributed by atoms with Gasteiger partial charge in [0.2, 0.25) is 0 Å². The Labute approximate surface area is 95.3 Å². The highest BCUT2D eigenvalue weighted by atomic mass is 16.5. The Morgan fingerprint density at radius 2 is 2.19 bits per heavy atom. The van der Waals surface area contributed by atoms with Crippen LogP contribution in [0.4, 0.5) is 5.69 Å². The molecule has 88 valence electrons. The van der Waals surface area contributed by atoms with Crippen molar-refractivity contribution in [3.8, 4) is 5.75 Å². The van der Waals surface area contributed by atoms with Crippen LogP contribution in [0.3, 0.4) is 0 Å². The van der Waals surface area contributed by atoms with Crippen molar-refractivity contribution in [1.82, 2.24) is 0 Å². The zero-order valence-electron chi connectivity index (χ0n) is 9.66. The van der Waals surface area contributed by atoms with Crippen LogP contribution in [0, 0.1) is 0 Å². The predicted octanol–water partition coefficient (Wildman–Crippen LogP) is 1.77. The number of nitrogens with two attached hydrogens (primary N) is 1. The molecule has 0 aliphatic heterocycles. The molecule has 0 aliphatic carbocycles. The van der Waals surface area contributed by atoms with E-state index in [0.717, 1.165) is 5.56 Å². The van der Waals surface area contributed by atoms with Gasteiger partial charge in [0.1, 0.15) is 5.75 Å². The number of benzene rings is 1. The van der Waals surface area contributed by atoms with Gasteiger partial charge >= 0.3 is 5.97 Å². The van der Waals surface area contributed by atoms with E-state index in [1.807, 2.05) is 6.07 Å². The smallest absolute Gasteiger partial charge is 0.306 e. The Bertz CT molecular complexity index is 363. The van der Waals surface area contributed by atoms with Gasteiger partial charge in [0, 0.05) is 18.2 Å². The first-order chi connectivity index (χ1) is 7.67. The van der Waals surface area contributed by atoms with E-state index in [1.165, 1.54) is 0 Å². The third-order valence-corrected chi connectivity index (χ3v) is 2.21. The van der Waals surface area contributed by atoms with Crippen LogP contribution >= 0.6 is 0 Å². The van der Waals surface area contributed by atoms with Crippen molar-refractivity contribution in [2.75, 3.05) is 19.5 Å². The maximum absolute atomic E-state index is 11.2. The fourth-order valence-electron chi connectivity index (χ4n) is 1.44. The van der Waals surface area contributed by atoms with Crippen molar-refractivity contribution in [2.24, 2.45) is 0 Å². The summed E-state index contributed by atoms with van der Waals surface area (Å²) < 4.78 is 10.0. The van der Waals surface area contributed by atoms with E-state index in [2.05, 4.69) is 0 Å². The molecule has 1 aromatic rings. The maximum atomic E-state index is 11.2. The fourth-order valence-corrected chi connectivity index (χ4v) is 1.44. The van der Waals surface area contributed by atoms with Crippen LogP contribution < -0.4 is 10.5 Å². The SMILES string of the molecule is CCOC(=O)CCc1ccc(N)cc1OC. The number of hydrogen-bond acceptors (Lipinski definition) is 4. The predicted molar refractivity (Wildman–Crippen MR) is 62.4 cm³/mol. The zero-order valence-corrected chi connectivity index (χ0v) is 9.66. The Morgan fingerprint density at radius 1 is 1.44 bits per heavy atom. The van der Waals surface area contributed by atoms with Gasteiger partial charge in [0.25, 0.3) is 0 Å². The molecule has 0 saturated heterocycles. The summed E-state index contributed by atoms with van der Waals surface area (Å²) in [5.74, 6) is 0.519. The molecule has 0 amide bonds. The standard InChI is InChI=1S/C12H17NO3/c1-3-16-12(14)7-5-9-4-6-10(13)8-11(9)15-2/h4,6,8H,3,5,7,13H2,1-2H3. The van der Waals surface area contributed by atoms with Gasteiger partial charge < -0.3 is 15.2 Å². The van der Waals surface area contributed by atoms with Crippen molar-refractivity contribution in [3.63, 3.8) is 0 Å². The van der Waals surface area contributed by atoms with Crippen LogP contribution in [-0.4, -0.2) is 19.7 Å². The molecule has 1 rings (SSSR count). The highest BCUT2D eigenvalue weighted by molar-refractivity contribution is 5.70. The second-order valence-electron chi connectivity index (χ2n) is 3.38. The molecular weight excluding hydrogens is 206 g/mol. The number of carbonyl (C=O) groups excluding carboxylic acids is 1. The van der Waals surface area contributed by atoms with Crippen molar-refractivity contribution in [2.45, 2.75) is 19.8 Å². The second-order valence-corrected chi connectivity index (χ2v) is 3.38. The molecule has 0 bridgehead atoms. The van der Waals surface area contributed by atoms with Gasteiger partial charge in [-0.05, 0) is 25.0 Å². The number of nitrogen functional groups attached to an aromatic ring is 1. The number of ether oxygens (including phenoxy) is 2. The third kappa shape index (κ3) is 3.46. The number of anilines is 1. The summed E-state index contributed by atoms with van der Waals surface area (Å²) in [4.78, 5) is 11.2. The van der Waals surface area contributed by atoms with Crippen LogP contribution in [0.25, 0.3) is 0 Å². The summed E-state index contributed by atoms with van der Waals surface area (Å²) in [7, 11) is 1.59. The van der Waals surface area contributed by atoms with Crippen LogP contribution in [-0.2, 0) is 16.0 Å². The van der Waals surface area contributed by atoms with Crippen LogP contribution in [0.2, 0.25) is 0 Å². The summed E-state index contributed by atoms with van der Waals surface area (Å²) in [5.41, 5.74) is 7.25. The molecule has 4 heteroatoms. The van der Waals surface area contributed by atoms with E-state index in [9.17, 15) is 4.79 Å². The molecule has 16 heavy (non-hydrogen) atoms. The van der Waals surface area contributed by atoms with Crippen molar-refractivity contribution >= 4 is 11.7 Å². The number of methoxy groups -OCH3 is 1. The van der Waals surface area contributed by atoms with E-state index >= 15 is 0 Å². The third-order valence-electron chi connectivity index (χ3n) is 2.21. The van der Waals surface area contributed by atoms with Gasteiger partial charge in [-0.3, -0.25) is 4.79 Å².